The zero-order valence-electron chi connectivity index (χ0n) is 15.2. The predicted octanol–water partition coefficient (Wildman–Crippen LogP) is 4.28. The molecule has 1 amide bonds. The van der Waals surface area contributed by atoms with Crippen LogP contribution in [0.25, 0.3) is 0 Å². The summed E-state index contributed by atoms with van der Waals surface area (Å²) in [6.45, 7) is 2.31. The van der Waals surface area contributed by atoms with Crippen molar-refractivity contribution < 1.29 is 4.79 Å². The fourth-order valence-electron chi connectivity index (χ4n) is 4.27. The third kappa shape index (κ3) is 4.66. The standard InChI is InChI=1S/C19H27Cl2N3O.ClH/c1-23(16-6-2-3-7-17(16)24-10-4-5-11-24)19(25)18(22)13-8-9-14(20)15(21)12-13;/h8-9,12,16-18H,2-7,10-11,22H2,1H3;1H. The molecule has 0 aromatic heterocycles. The van der Waals surface area contributed by atoms with Crippen LogP contribution in [0.2, 0.25) is 10.0 Å². The molecule has 1 heterocycles. The lowest BCUT2D eigenvalue weighted by Gasteiger charge is -2.43. The van der Waals surface area contributed by atoms with Gasteiger partial charge in [0.1, 0.15) is 6.04 Å². The molecule has 1 aromatic rings. The summed E-state index contributed by atoms with van der Waals surface area (Å²) in [5, 5.41) is 0.900. The molecule has 26 heavy (non-hydrogen) atoms. The van der Waals surface area contributed by atoms with E-state index in [0.717, 1.165) is 19.5 Å². The Bertz CT molecular complexity index is 622. The molecule has 0 spiro atoms. The highest BCUT2D eigenvalue weighted by atomic mass is 35.5. The fourth-order valence-corrected chi connectivity index (χ4v) is 4.58. The van der Waals surface area contributed by atoms with Crippen molar-refractivity contribution in [2.45, 2.75) is 56.7 Å². The Labute approximate surface area is 172 Å². The molecule has 2 N–H and O–H groups in total. The second-order valence-corrected chi connectivity index (χ2v) is 8.08. The Morgan fingerprint density at radius 2 is 1.81 bits per heavy atom. The van der Waals surface area contributed by atoms with Crippen LogP contribution in [0.5, 0.6) is 0 Å². The summed E-state index contributed by atoms with van der Waals surface area (Å²) in [5.41, 5.74) is 6.97. The van der Waals surface area contributed by atoms with Gasteiger partial charge in [0.15, 0.2) is 0 Å². The van der Waals surface area contributed by atoms with Gasteiger partial charge in [0.05, 0.1) is 10.0 Å². The van der Waals surface area contributed by atoms with Crippen molar-refractivity contribution in [2.24, 2.45) is 5.73 Å². The van der Waals surface area contributed by atoms with E-state index in [0.29, 0.717) is 21.7 Å². The molecular weight excluding hydrogens is 393 g/mol. The lowest BCUT2D eigenvalue weighted by atomic mass is 9.88. The molecule has 2 aliphatic rings. The Hall–Kier alpha value is -0.520. The third-order valence-electron chi connectivity index (χ3n) is 5.72. The van der Waals surface area contributed by atoms with Gasteiger partial charge in [-0.05, 0) is 56.5 Å². The summed E-state index contributed by atoms with van der Waals surface area (Å²) in [4.78, 5) is 17.5. The van der Waals surface area contributed by atoms with E-state index in [2.05, 4.69) is 4.90 Å². The van der Waals surface area contributed by atoms with Gasteiger partial charge in [0, 0.05) is 19.1 Å². The topological polar surface area (TPSA) is 49.6 Å². The van der Waals surface area contributed by atoms with E-state index in [4.69, 9.17) is 28.9 Å². The summed E-state index contributed by atoms with van der Waals surface area (Å²) < 4.78 is 0. The number of likely N-dealkylation sites (N-methyl/N-ethyl adjacent to an activating group) is 1. The van der Waals surface area contributed by atoms with E-state index in [-0.39, 0.29) is 24.4 Å². The van der Waals surface area contributed by atoms with Gasteiger partial charge < -0.3 is 10.6 Å². The highest BCUT2D eigenvalue weighted by Crippen LogP contribution is 2.31. The van der Waals surface area contributed by atoms with Crippen molar-refractivity contribution in [2.75, 3.05) is 20.1 Å². The van der Waals surface area contributed by atoms with Gasteiger partial charge in [-0.1, -0.05) is 42.1 Å². The van der Waals surface area contributed by atoms with Crippen LogP contribution in [0.4, 0.5) is 0 Å². The summed E-state index contributed by atoms with van der Waals surface area (Å²) in [5.74, 6) is -0.0468. The van der Waals surface area contributed by atoms with E-state index in [9.17, 15) is 4.79 Å². The van der Waals surface area contributed by atoms with Gasteiger partial charge >= 0.3 is 0 Å². The Morgan fingerprint density at radius 3 is 2.46 bits per heavy atom. The van der Waals surface area contributed by atoms with E-state index < -0.39 is 6.04 Å². The molecule has 0 bridgehead atoms. The molecule has 1 saturated carbocycles. The second-order valence-electron chi connectivity index (χ2n) is 7.26. The van der Waals surface area contributed by atoms with Crippen molar-refractivity contribution in [1.82, 2.24) is 9.80 Å². The largest absolute Gasteiger partial charge is 0.340 e. The minimum absolute atomic E-state index is 0. The van der Waals surface area contributed by atoms with E-state index in [1.807, 2.05) is 11.9 Å². The summed E-state index contributed by atoms with van der Waals surface area (Å²) in [6.07, 6.45) is 7.18. The smallest absolute Gasteiger partial charge is 0.244 e. The molecule has 146 valence electrons. The predicted molar refractivity (Wildman–Crippen MR) is 110 cm³/mol. The van der Waals surface area contributed by atoms with Crippen LogP contribution in [0.15, 0.2) is 18.2 Å². The van der Waals surface area contributed by atoms with Crippen molar-refractivity contribution >= 4 is 41.5 Å². The van der Waals surface area contributed by atoms with Crippen molar-refractivity contribution in [3.63, 3.8) is 0 Å². The first-order valence-corrected chi connectivity index (χ1v) is 9.96. The molecule has 3 rings (SSSR count). The monoisotopic (exact) mass is 419 g/mol. The lowest BCUT2D eigenvalue weighted by Crippen LogP contribution is -2.54. The molecule has 1 aliphatic carbocycles. The first kappa shape index (κ1) is 21.8. The van der Waals surface area contributed by atoms with Gasteiger partial charge in [-0.2, -0.15) is 0 Å². The normalized spacial score (nSPS) is 24.8. The SMILES string of the molecule is CN(C(=O)C(N)c1ccc(Cl)c(Cl)c1)C1CCCCC1N1CCCC1.Cl. The highest BCUT2D eigenvalue weighted by Gasteiger charge is 2.36. The van der Waals surface area contributed by atoms with Gasteiger partial charge in [0.25, 0.3) is 0 Å². The third-order valence-corrected chi connectivity index (χ3v) is 6.46. The molecule has 3 atom stereocenters. The highest BCUT2D eigenvalue weighted by molar-refractivity contribution is 6.42. The van der Waals surface area contributed by atoms with Gasteiger partial charge in [-0.25, -0.2) is 0 Å². The average molecular weight is 421 g/mol. The molecule has 0 radical (unpaired) electrons. The number of carbonyl (C=O) groups is 1. The molecule has 7 heteroatoms. The lowest BCUT2D eigenvalue weighted by molar-refractivity contribution is -0.135. The quantitative estimate of drug-likeness (QED) is 0.791. The van der Waals surface area contributed by atoms with Crippen molar-refractivity contribution in [1.29, 1.82) is 0 Å². The number of nitrogens with two attached hydrogens (primary N) is 1. The number of nitrogens with zero attached hydrogens (tertiary/aromatic N) is 2. The first-order valence-electron chi connectivity index (χ1n) is 9.20. The molecule has 3 unspecified atom stereocenters. The number of amides is 1. The average Bonchev–Trinajstić information content (AvgIpc) is 3.16. The second kappa shape index (κ2) is 9.61. The van der Waals surface area contributed by atoms with Crippen molar-refractivity contribution in [3.8, 4) is 0 Å². The summed E-state index contributed by atoms with van der Waals surface area (Å²) >= 11 is 12.0. The van der Waals surface area contributed by atoms with Gasteiger partial charge in [-0.15, -0.1) is 12.4 Å². The zero-order chi connectivity index (χ0) is 18.0. The van der Waals surface area contributed by atoms with Crippen LogP contribution in [0.1, 0.15) is 50.1 Å². The Balaban J connectivity index is 0.00000243. The van der Waals surface area contributed by atoms with Crippen LogP contribution in [-0.4, -0.2) is 47.9 Å². The Kier molecular flexibility index (Phi) is 8.05. The molecule has 4 nitrogen and oxygen atoms in total. The molecular formula is C19H28Cl3N3O. The minimum atomic E-state index is -0.707. The molecule has 1 saturated heterocycles. The van der Waals surface area contributed by atoms with E-state index in [1.165, 1.54) is 32.1 Å². The maximum atomic E-state index is 13.0. The number of hydrogen-bond donors (Lipinski definition) is 1. The molecule has 1 aliphatic heterocycles. The maximum absolute atomic E-state index is 13.0. The van der Waals surface area contributed by atoms with E-state index >= 15 is 0 Å². The number of rotatable bonds is 4. The molecule has 1 aromatic carbocycles. The van der Waals surface area contributed by atoms with E-state index in [1.54, 1.807) is 18.2 Å². The summed E-state index contributed by atoms with van der Waals surface area (Å²) in [6, 6.07) is 5.17. The van der Waals surface area contributed by atoms with Crippen LogP contribution < -0.4 is 5.73 Å². The van der Waals surface area contributed by atoms with Crippen LogP contribution >= 0.6 is 35.6 Å². The van der Waals surface area contributed by atoms with Crippen molar-refractivity contribution in [3.05, 3.63) is 33.8 Å². The van der Waals surface area contributed by atoms with Crippen LogP contribution in [0.3, 0.4) is 0 Å². The van der Waals surface area contributed by atoms with Crippen LogP contribution in [0, 0.1) is 0 Å². The maximum Gasteiger partial charge on any atom is 0.244 e. The zero-order valence-corrected chi connectivity index (χ0v) is 17.5. The van der Waals surface area contributed by atoms with Gasteiger partial charge in [0.2, 0.25) is 5.91 Å². The number of hydrogen-bond acceptors (Lipinski definition) is 3. The number of halogens is 3. The summed E-state index contributed by atoms with van der Waals surface area (Å²) in [7, 11) is 1.90. The van der Waals surface area contributed by atoms with Gasteiger partial charge in [-0.3, -0.25) is 9.69 Å². The fraction of sp³-hybridized carbons (Fsp3) is 0.632. The Morgan fingerprint density at radius 1 is 1.15 bits per heavy atom. The molecule has 2 fully saturated rings. The van der Waals surface area contributed by atoms with Crippen LogP contribution in [-0.2, 0) is 4.79 Å². The first-order chi connectivity index (χ1) is 12.0. The number of benzene rings is 1. The minimum Gasteiger partial charge on any atom is -0.340 e. The number of carbonyl (C=O) groups excluding carboxylic acids is 1. The number of likely N-dealkylation sites (tertiary alicyclic amines) is 1.